The Morgan fingerprint density at radius 1 is 0.341 bits per heavy atom. The number of hydrogen-bond donors (Lipinski definition) is 0. The van der Waals surface area contributed by atoms with E-state index in [4.69, 9.17) is 36.2 Å². The van der Waals surface area contributed by atoms with Crippen LogP contribution < -0.4 is 21.2 Å². The first-order valence-corrected chi connectivity index (χ1v) is 28.2. The SMILES string of the molecule is COP(=[Se])(OC)c1cccc2cccc(P(=[Se])(OC)OC)c12.COP(=[Se])(OC)c1cccc2cccc(P(=[Se])(OC)OC)c12. The van der Waals surface area contributed by atoms with Crippen molar-refractivity contribution >= 4 is 127 Å². The maximum absolute atomic E-state index is 5.67. The summed E-state index contributed by atoms with van der Waals surface area (Å²) in [6, 6.07) is 24.4. The molecule has 240 valence electrons. The van der Waals surface area contributed by atoms with Gasteiger partial charge in [0.1, 0.15) is 0 Å². The fourth-order valence-corrected chi connectivity index (χ4v) is 13.9. The van der Waals surface area contributed by atoms with E-state index in [-0.39, 0.29) is 0 Å². The molecule has 0 atom stereocenters. The molecule has 4 aromatic rings. The first-order chi connectivity index (χ1) is 20.9. The predicted octanol–water partition coefficient (Wildman–Crippen LogP) is 5.08. The molecule has 4 aromatic carbocycles. The van der Waals surface area contributed by atoms with Gasteiger partial charge in [0.2, 0.25) is 0 Å². The van der Waals surface area contributed by atoms with Crippen molar-refractivity contribution in [3.63, 3.8) is 0 Å². The van der Waals surface area contributed by atoms with E-state index < -0.39 is 23.8 Å². The third-order valence-corrected chi connectivity index (χ3v) is 27.0. The topological polar surface area (TPSA) is 73.8 Å². The molecule has 0 amide bonds. The van der Waals surface area contributed by atoms with Gasteiger partial charge >= 0.3 is 293 Å². The molecule has 44 heavy (non-hydrogen) atoms. The van der Waals surface area contributed by atoms with Gasteiger partial charge in [-0.25, -0.2) is 0 Å². The van der Waals surface area contributed by atoms with Crippen LogP contribution in [0.15, 0.2) is 72.8 Å². The summed E-state index contributed by atoms with van der Waals surface area (Å²) in [5.74, 6) is -9.11. The molecule has 8 nitrogen and oxygen atoms in total. The number of benzene rings is 4. The molecule has 0 aromatic heterocycles. The molecule has 0 N–H and O–H groups in total. The van der Waals surface area contributed by atoms with Gasteiger partial charge in [-0.2, -0.15) is 0 Å². The first-order valence-electron chi connectivity index (χ1n) is 12.8. The summed E-state index contributed by atoms with van der Waals surface area (Å²) in [5.41, 5.74) is 0. The third-order valence-electron chi connectivity index (χ3n) is 6.82. The molecule has 0 saturated heterocycles. The average molecular weight is 940 g/mol. The molecule has 0 aliphatic rings. The Labute approximate surface area is 290 Å². The molecule has 0 fully saturated rings. The van der Waals surface area contributed by atoms with E-state index in [1.165, 1.54) is 0 Å². The zero-order chi connectivity index (χ0) is 32.8. The van der Waals surface area contributed by atoms with Crippen LogP contribution in [-0.4, -0.2) is 117 Å². The second-order valence-corrected chi connectivity index (χ2v) is 29.7. The van der Waals surface area contributed by atoms with E-state index in [1.807, 2.05) is 48.5 Å². The monoisotopic (exact) mass is 944 g/mol. The molecule has 4 rings (SSSR count). The summed E-state index contributed by atoms with van der Waals surface area (Å²) in [6.07, 6.45) is 0. The van der Waals surface area contributed by atoms with Gasteiger partial charge in [-0.15, -0.1) is 0 Å². The molecule has 16 heteroatoms. The zero-order valence-corrected chi connectivity index (χ0v) is 36.0. The number of hydrogen-bond acceptors (Lipinski definition) is 8. The number of fused-ring (bicyclic) bond motifs is 2. The average Bonchev–Trinajstić information content (AvgIpc) is 3.09. The van der Waals surface area contributed by atoms with Crippen LogP contribution in [0.25, 0.3) is 21.5 Å². The van der Waals surface area contributed by atoms with E-state index in [9.17, 15) is 0 Å². The van der Waals surface area contributed by atoms with Crippen molar-refractivity contribution in [2.45, 2.75) is 0 Å². The Balaban J connectivity index is 0.000000240. The zero-order valence-electron chi connectivity index (χ0n) is 25.6. The van der Waals surface area contributed by atoms with Crippen LogP contribution in [0.2, 0.25) is 0 Å². The van der Waals surface area contributed by atoms with E-state index in [1.54, 1.807) is 56.9 Å². The predicted molar refractivity (Wildman–Crippen MR) is 193 cm³/mol. The van der Waals surface area contributed by atoms with Crippen molar-refractivity contribution in [1.82, 2.24) is 0 Å². The molecule has 0 aliphatic heterocycles. The summed E-state index contributed by atoms with van der Waals surface area (Å²) in [5, 5.41) is 8.29. The first kappa shape index (κ1) is 39.3. The number of rotatable bonds is 12. The Morgan fingerprint density at radius 2 is 0.523 bits per heavy atom. The van der Waals surface area contributed by atoms with Crippen LogP contribution in [-0.2, 0) is 36.2 Å². The van der Waals surface area contributed by atoms with E-state index in [2.05, 4.69) is 84.7 Å². The standard InChI is InChI=1S/2C14H18O4P2Se2/c2*1-15-19(21,16-2)12-9-5-7-11-8-6-10-13(14(11)12)20(22,17-3)18-4/h2*5-10H,1-4H3. The van der Waals surface area contributed by atoms with Crippen LogP contribution >= 0.6 is 23.8 Å². The van der Waals surface area contributed by atoms with Gasteiger partial charge in [-0.1, -0.05) is 0 Å². The molecule has 0 spiro atoms. The van der Waals surface area contributed by atoms with Crippen molar-refractivity contribution in [3.8, 4) is 0 Å². The molecule has 0 unspecified atom stereocenters. The molecular weight excluding hydrogens is 904 g/mol. The fraction of sp³-hybridized carbons (Fsp3) is 0.286. The molecule has 0 saturated carbocycles. The summed E-state index contributed by atoms with van der Waals surface area (Å²) >= 11 is 12.4. The van der Waals surface area contributed by atoms with Crippen molar-refractivity contribution in [1.29, 1.82) is 0 Å². The molecule has 0 bridgehead atoms. The van der Waals surface area contributed by atoms with Gasteiger partial charge in [0.05, 0.1) is 0 Å². The van der Waals surface area contributed by atoms with Crippen molar-refractivity contribution < 1.29 is 36.2 Å². The minimum atomic E-state index is -2.28. The van der Waals surface area contributed by atoms with Gasteiger partial charge in [0, 0.05) is 0 Å². The Kier molecular flexibility index (Phi) is 15.2. The summed E-state index contributed by atoms with van der Waals surface area (Å²) in [6.45, 7) is 0. The van der Waals surface area contributed by atoms with E-state index in [0.29, 0.717) is 0 Å². The van der Waals surface area contributed by atoms with Gasteiger partial charge in [-0.3, -0.25) is 0 Å². The Bertz CT molecular complexity index is 1530. The van der Waals surface area contributed by atoms with Gasteiger partial charge in [0.25, 0.3) is 0 Å². The quantitative estimate of drug-likeness (QED) is 0.144. The van der Waals surface area contributed by atoms with Crippen LogP contribution in [0.4, 0.5) is 0 Å². The van der Waals surface area contributed by atoms with Gasteiger partial charge < -0.3 is 0 Å². The normalized spacial score (nSPS) is 12.7. The minimum absolute atomic E-state index is 0.999. The second kappa shape index (κ2) is 17.0. The fourth-order valence-electron chi connectivity index (χ4n) is 4.60. The summed E-state index contributed by atoms with van der Waals surface area (Å²) in [4.78, 5) is 0. The Hall–Kier alpha value is 0.878. The second-order valence-electron chi connectivity index (χ2n) is 8.76. The Morgan fingerprint density at radius 3 is 0.682 bits per heavy atom. The van der Waals surface area contributed by atoms with Crippen LogP contribution in [0.1, 0.15) is 0 Å². The van der Waals surface area contributed by atoms with Gasteiger partial charge in [-0.05, 0) is 0 Å². The van der Waals surface area contributed by atoms with Gasteiger partial charge in [0.15, 0.2) is 0 Å². The molecule has 0 aliphatic carbocycles. The molecular formula is C28H36O8P4Se4. The van der Waals surface area contributed by atoms with E-state index >= 15 is 0 Å². The van der Waals surface area contributed by atoms with Crippen molar-refractivity contribution in [2.75, 3.05) is 56.9 Å². The van der Waals surface area contributed by atoms with Crippen LogP contribution in [0, 0.1) is 0 Å². The summed E-state index contributed by atoms with van der Waals surface area (Å²) in [7, 11) is 13.2. The van der Waals surface area contributed by atoms with Crippen LogP contribution in [0.5, 0.6) is 0 Å². The van der Waals surface area contributed by atoms with E-state index in [0.717, 1.165) is 42.8 Å². The van der Waals surface area contributed by atoms with Crippen LogP contribution in [0.3, 0.4) is 0 Å². The van der Waals surface area contributed by atoms with Crippen molar-refractivity contribution in [2.24, 2.45) is 0 Å². The maximum atomic E-state index is 5.67. The van der Waals surface area contributed by atoms with Crippen molar-refractivity contribution in [3.05, 3.63) is 72.8 Å². The third kappa shape index (κ3) is 8.01. The molecule has 0 radical (unpaired) electrons. The summed E-state index contributed by atoms with van der Waals surface area (Å²) < 4.78 is 45.4. The molecule has 0 heterocycles.